The number of H-pyrrole nitrogens is 1. The molecule has 3 N–H and O–H groups in total. The van der Waals surface area contributed by atoms with E-state index in [1.807, 2.05) is 43.3 Å². The summed E-state index contributed by atoms with van der Waals surface area (Å²) in [6.45, 7) is 2.01. The number of nitrogens with two attached hydrogens (primary N) is 1. The van der Waals surface area contributed by atoms with Crippen LogP contribution in [0.3, 0.4) is 0 Å². The number of carbonyl (C=O) groups excluding carboxylic acids is 1. The highest BCUT2D eigenvalue weighted by Gasteiger charge is 2.13. The van der Waals surface area contributed by atoms with Crippen LogP contribution in [-0.4, -0.2) is 23.2 Å². The fourth-order valence-corrected chi connectivity index (χ4v) is 2.51. The van der Waals surface area contributed by atoms with Gasteiger partial charge in [0.2, 0.25) is 5.91 Å². The minimum atomic E-state index is -0.436. The highest BCUT2D eigenvalue weighted by molar-refractivity contribution is 5.93. The predicted octanol–water partition coefficient (Wildman–Crippen LogP) is 3.16. The Morgan fingerprint density at radius 1 is 1.04 bits per heavy atom. The van der Waals surface area contributed by atoms with E-state index in [4.69, 9.17) is 10.5 Å². The van der Waals surface area contributed by atoms with Crippen molar-refractivity contribution in [2.24, 2.45) is 5.73 Å². The topological polar surface area (TPSA) is 81.0 Å². The fraction of sp³-hybridized carbons (Fsp3) is 0.111. The van der Waals surface area contributed by atoms with Crippen LogP contribution < -0.4 is 10.5 Å². The highest BCUT2D eigenvalue weighted by Crippen LogP contribution is 2.30. The monoisotopic (exact) mass is 307 g/mol. The number of benzene rings is 2. The molecule has 0 bridgehead atoms. The van der Waals surface area contributed by atoms with E-state index < -0.39 is 5.91 Å². The second-order valence-electron chi connectivity index (χ2n) is 5.24. The third kappa shape index (κ3) is 2.81. The third-order valence-corrected chi connectivity index (χ3v) is 3.83. The summed E-state index contributed by atoms with van der Waals surface area (Å²) in [4.78, 5) is 11.1. The van der Waals surface area contributed by atoms with E-state index in [0.717, 1.165) is 33.8 Å². The number of nitrogens with one attached hydrogen (secondary N) is 1. The van der Waals surface area contributed by atoms with E-state index in [1.165, 1.54) is 0 Å². The van der Waals surface area contributed by atoms with Crippen molar-refractivity contribution in [2.75, 3.05) is 7.11 Å². The standard InChI is InChI=1S/C18H17N3O2/c1-11-16(12-3-5-14(6-4-12)18(19)22)20-21-17(11)13-7-9-15(23-2)10-8-13/h3-10H,1-2H3,(H2,19,22)(H,20,21). The second-order valence-corrected chi connectivity index (χ2v) is 5.24. The van der Waals surface area contributed by atoms with Gasteiger partial charge in [0.15, 0.2) is 0 Å². The summed E-state index contributed by atoms with van der Waals surface area (Å²) >= 11 is 0. The van der Waals surface area contributed by atoms with Crippen LogP contribution in [0.25, 0.3) is 22.5 Å². The number of aromatic amines is 1. The molecule has 0 saturated heterocycles. The number of methoxy groups -OCH3 is 1. The average Bonchev–Trinajstić information content (AvgIpc) is 2.96. The molecule has 0 spiro atoms. The van der Waals surface area contributed by atoms with E-state index in [2.05, 4.69) is 10.2 Å². The zero-order valence-electron chi connectivity index (χ0n) is 13.0. The van der Waals surface area contributed by atoms with E-state index in [0.29, 0.717) is 5.56 Å². The molecule has 1 heterocycles. The number of hydrogen-bond donors (Lipinski definition) is 2. The van der Waals surface area contributed by atoms with Crippen LogP contribution in [0, 0.1) is 6.92 Å². The van der Waals surface area contributed by atoms with Gasteiger partial charge in [-0.25, -0.2) is 0 Å². The van der Waals surface area contributed by atoms with Crippen molar-refractivity contribution in [3.8, 4) is 28.3 Å². The Morgan fingerprint density at radius 3 is 2.22 bits per heavy atom. The molecular formula is C18H17N3O2. The summed E-state index contributed by atoms with van der Waals surface area (Å²) in [5, 5.41) is 7.49. The lowest BCUT2D eigenvalue weighted by atomic mass is 10.0. The normalized spacial score (nSPS) is 10.5. The number of nitrogens with zero attached hydrogens (tertiary/aromatic N) is 1. The van der Waals surface area contributed by atoms with Crippen LogP contribution in [0.5, 0.6) is 5.75 Å². The molecule has 0 unspecified atom stereocenters. The molecule has 23 heavy (non-hydrogen) atoms. The van der Waals surface area contributed by atoms with Crippen LogP contribution in [0.1, 0.15) is 15.9 Å². The lowest BCUT2D eigenvalue weighted by Crippen LogP contribution is -2.10. The quantitative estimate of drug-likeness (QED) is 0.777. The maximum Gasteiger partial charge on any atom is 0.248 e. The third-order valence-electron chi connectivity index (χ3n) is 3.83. The number of amides is 1. The first-order valence-corrected chi connectivity index (χ1v) is 7.20. The van der Waals surface area contributed by atoms with Crippen molar-refractivity contribution in [3.05, 3.63) is 59.7 Å². The van der Waals surface area contributed by atoms with Crippen molar-refractivity contribution in [1.29, 1.82) is 0 Å². The minimum Gasteiger partial charge on any atom is -0.497 e. The molecule has 0 aliphatic carbocycles. The molecule has 1 aromatic heterocycles. The number of ether oxygens (including phenoxy) is 1. The van der Waals surface area contributed by atoms with Crippen LogP contribution in [0.4, 0.5) is 0 Å². The predicted molar refractivity (Wildman–Crippen MR) is 89.3 cm³/mol. The molecule has 0 aliphatic heterocycles. The van der Waals surface area contributed by atoms with Crippen molar-refractivity contribution < 1.29 is 9.53 Å². The smallest absolute Gasteiger partial charge is 0.248 e. The Hall–Kier alpha value is -3.08. The lowest BCUT2D eigenvalue weighted by molar-refractivity contribution is 0.100. The Balaban J connectivity index is 1.96. The van der Waals surface area contributed by atoms with Crippen LogP contribution in [0.2, 0.25) is 0 Å². The first kappa shape index (κ1) is 14.8. The van der Waals surface area contributed by atoms with Gasteiger partial charge in [0.05, 0.1) is 18.5 Å². The van der Waals surface area contributed by atoms with Crippen LogP contribution in [0.15, 0.2) is 48.5 Å². The SMILES string of the molecule is COc1ccc(-c2[nH]nc(-c3ccc(C(N)=O)cc3)c2C)cc1. The molecule has 0 radical (unpaired) electrons. The molecule has 0 atom stereocenters. The number of rotatable bonds is 4. The molecule has 1 amide bonds. The van der Waals surface area contributed by atoms with Gasteiger partial charge in [0.25, 0.3) is 0 Å². The Bertz CT molecular complexity index is 834. The largest absolute Gasteiger partial charge is 0.497 e. The molecule has 3 aromatic rings. The molecular weight excluding hydrogens is 290 g/mol. The van der Waals surface area contributed by atoms with Gasteiger partial charge in [-0.1, -0.05) is 12.1 Å². The van der Waals surface area contributed by atoms with Gasteiger partial charge in [-0.15, -0.1) is 0 Å². The van der Waals surface area contributed by atoms with Crippen LogP contribution >= 0.6 is 0 Å². The van der Waals surface area contributed by atoms with Gasteiger partial charge in [0.1, 0.15) is 5.75 Å². The van der Waals surface area contributed by atoms with E-state index >= 15 is 0 Å². The molecule has 3 rings (SSSR count). The first-order valence-electron chi connectivity index (χ1n) is 7.20. The molecule has 5 nitrogen and oxygen atoms in total. The molecule has 0 aliphatic rings. The van der Waals surface area contributed by atoms with Gasteiger partial charge in [-0.2, -0.15) is 5.10 Å². The zero-order valence-corrected chi connectivity index (χ0v) is 13.0. The van der Waals surface area contributed by atoms with Crippen molar-refractivity contribution >= 4 is 5.91 Å². The van der Waals surface area contributed by atoms with E-state index in [9.17, 15) is 4.79 Å². The van der Waals surface area contributed by atoms with Gasteiger partial charge in [0, 0.05) is 22.3 Å². The maximum atomic E-state index is 11.1. The van der Waals surface area contributed by atoms with Crippen molar-refractivity contribution in [2.45, 2.75) is 6.92 Å². The van der Waals surface area contributed by atoms with Gasteiger partial charge in [-0.05, 0) is 43.3 Å². The maximum absolute atomic E-state index is 11.1. The van der Waals surface area contributed by atoms with E-state index in [1.54, 1.807) is 19.2 Å². The molecule has 5 heteroatoms. The Labute approximate surface area is 134 Å². The highest BCUT2D eigenvalue weighted by atomic mass is 16.5. The number of aromatic nitrogens is 2. The molecule has 0 saturated carbocycles. The van der Waals surface area contributed by atoms with Gasteiger partial charge in [-0.3, -0.25) is 9.89 Å². The van der Waals surface area contributed by atoms with Gasteiger partial charge >= 0.3 is 0 Å². The summed E-state index contributed by atoms with van der Waals surface area (Å²) in [5.41, 5.74) is 10.6. The first-order chi connectivity index (χ1) is 11.1. The fourth-order valence-electron chi connectivity index (χ4n) is 2.51. The molecule has 2 aromatic carbocycles. The lowest BCUT2D eigenvalue weighted by Gasteiger charge is -2.04. The van der Waals surface area contributed by atoms with Crippen LogP contribution in [-0.2, 0) is 0 Å². The van der Waals surface area contributed by atoms with E-state index in [-0.39, 0.29) is 0 Å². The number of hydrogen-bond acceptors (Lipinski definition) is 3. The summed E-state index contributed by atoms with van der Waals surface area (Å²) in [6.07, 6.45) is 0. The summed E-state index contributed by atoms with van der Waals surface area (Å²) in [5.74, 6) is 0.377. The summed E-state index contributed by atoms with van der Waals surface area (Å²) < 4.78 is 5.18. The summed E-state index contributed by atoms with van der Waals surface area (Å²) in [7, 11) is 1.64. The molecule has 0 fully saturated rings. The second kappa shape index (κ2) is 5.96. The Kier molecular flexibility index (Phi) is 3.85. The average molecular weight is 307 g/mol. The Morgan fingerprint density at radius 2 is 1.65 bits per heavy atom. The van der Waals surface area contributed by atoms with Crippen molar-refractivity contribution in [1.82, 2.24) is 10.2 Å². The minimum absolute atomic E-state index is 0.436. The number of carbonyl (C=O) groups is 1. The van der Waals surface area contributed by atoms with Crippen molar-refractivity contribution in [3.63, 3.8) is 0 Å². The zero-order chi connectivity index (χ0) is 16.4. The number of primary amides is 1. The summed E-state index contributed by atoms with van der Waals surface area (Å²) in [6, 6.07) is 14.9. The molecule has 116 valence electrons. The van der Waals surface area contributed by atoms with Gasteiger partial charge < -0.3 is 10.5 Å².